The number of aryl methyl sites for hydroxylation is 1. The monoisotopic (exact) mass is 462 g/mol. The number of fused-ring (bicyclic) bond motifs is 1. The molecule has 33 heavy (non-hydrogen) atoms. The van der Waals surface area contributed by atoms with Crippen molar-refractivity contribution >= 4 is 40.1 Å². The maximum atomic E-state index is 13.0. The lowest BCUT2D eigenvalue weighted by atomic mass is 10.1. The van der Waals surface area contributed by atoms with E-state index in [-0.39, 0.29) is 23.9 Å². The quantitative estimate of drug-likeness (QED) is 0.220. The minimum Gasteiger partial charge on any atom is -0.490 e. The number of carbonyl (C=O) groups excluding carboxylic acids is 1. The Morgan fingerprint density at radius 3 is 2.61 bits per heavy atom. The molecule has 0 aliphatic rings. The molecule has 1 amide bonds. The highest BCUT2D eigenvalue weighted by Gasteiger charge is 2.19. The van der Waals surface area contributed by atoms with Gasteiger partial charge in [0.2, 0.25) is 5.91 Å². The van der Waals surface area contributed by atoms with Crippen LogP contribution in [0.4, 0.5) is 11.4 Å². The molecule has 0 saturated heterocycles. The van der Waals surface area contributed by atoms with Crippen molar-refractivity contribution in [3.8, 4) is 5.75 Å². The highest BCUT2D eigenvalue weighted by atomic mass is 32.2. The standard InChI is InChI=1S/C24H22N4O4S/c1-16-12-21(28(30)31)22(32-2)13-19(16)25-23(29)14-27-20-11-7-6-10-18(20)26-24(27)33-15-17-8-4-3-5-9-17/h3-13H,14-15H2,1-2H3,(H,25,29). The first-order valence-corrected chi connectivity index (χ1v) is 11.2. The minimum absolute atomic E-state index is 0.0520. The molecule has 168 valence electrons. The number of anilines is 1. The van der Waals surface area contributed by atoms with Gasteiger partial charge in [0, 0.05) is 23.6 Å². The number of carbonyl (C=O) groups is 1. The molecule has 0 fully saturated rings. The molecule has 0 spiro atoms. The van der Waals surface area contributed by atoms with Crippen LogP contribution >= 0.6 is 11.8 Å². The number of nitrogens with zero attached hydrogens (tertiary/aromatic N) is 3. The number of nitro benzene ring substituents is 1. The van der Waals surface area contributed by atoms with Crippen LogP contribution in [0.25, 0.3) is 11.0 Å². The Bertz CT molecular complexity index is 1320. The van der Waals surface area contributed by atoms with Gasteiger partial charge in [-0.15, -0.1) is 0 Å². The van der Waals surface area contributed by atoms with E-state index in [1.54, 1.807) is 18.7 Å². The third kappa shape index (κ3) is 4.98. The zero-order valence-electron chi connectivity index (χ0n) is 18.1. The Morgan fingerprint density at radius 1 is 1.15 bits per heavy atom. The number of aromatic nitrogens is 2. The van der Waals surface area contributed by atoms with E-state index in [1.165, 1.54) is 24.8 Å². The number of rotatable bonds is 8. The number of amides is 1. The number of thioether (sulfide) groups is 1. The van der Waals surface area contributed by atoms with E-state index in [1.807, 2.05) is 47.0 Å². The number of methoxy groups -OCH3 is 1. The fraction of sp³-hybridized carbons (Fsp3) is 0.167. The summed E-state index contributed by atoms with van der Waals surface area (Å²) in [5, 5.41) is 14.8. The summed E-state index contributed by atoms with van der Waals surface area (Å²) in [5.41, 5.74) is 3.73. The summed E-state index contributed by atoms with van der Waals surface area (Å²) < 4.78 is 7.01. The highest BCUT2D eigenvalue weighted by Crippen LogP contribution is 2.33. The lowest BCUT2D eigenvalue weighted by molar-refractivity contribution is -0.385. The zero-order valence-corrected chi connectivity index (χ0v) is 19.0. The molecule has 0 bridgehead atoms. The van der Waals surface area contributed by atoms with Gasteiger partial charge in [-0.2, -0.15) is 0 Å². The molecule has 1 N–H and O–H groups in total. The van der Waals surface area contributed by atoms with E-state index in [4.69, 9.17) is 9.72 Å². The van der Waals surface area contributed by atoms with Gasteiger partial charge in [-0.25, -0.2) is 4.98 Å². The maximum absolute atomic E-state index is 13.0. The van der Waals surface area contributed by atoms with Crippen molar-refractivity contribution in [2.24, 2.45) is 0 Å². The van der Waals surface area contributed by atoms with Gasteiger partial charge in [-0.1, -0.05) is 54.2 Å². The van der Waals surface area contributed by atoms with E-state index in [9.17, 15) is 14.9 Å². The summed E-state index contributed by atoms with van der Waals surface area (Å²) in [6.07, 6.45) is 0. The Labute approximate surface area is 194 Å². The second-order valence-electron chi connectivity index (χ2n) is 7.39. The van der Waals surface area contributed by atoms with Crippen LogP contribution in [0.1, 0.15) is 11.1 Å². The fourth-order valence-corrected chi connectivity index (χ4v) is 4.46. The third-order valence-electron chi connectivity index (χ3n) is 5.13. The van der Waals surface area contributed by atoms with Crippen LogP contribution in [0.15, 0.2) is 71.9 Å². The van der Waals surface area contributed by atoms with Crippen molar-refractivity contribution in [1.82, 2.24) is 9.55 Å². The molecule has 4 rings (SSSR count). The van der Waals surface area contributed by atoms with Crippen molar-refractivity contribution < 1.29 is 14.5 Å². The Morgan fingerprint density at radius 2 is 1.88 bits per heavy atom. The van der Waals surface area contributed by atoms with E-state index in [0.717, 1.165) is 21.9 Å². The lowest BCUT2D eigenvalue weighted by Gasteiger charge is -2.13. The molecule has 0 aliphatic carbocycles. The number of para-hydroxylation sites is 2. The Hall–Kier alpha value is -3.85. The van der Waals surface area contributed by atoms with Gasteiger partial charge < -0.3 is 14.6 Å². The van der Waals surface area contributed by atoms with Crippen LogP contribution in [0.5, 0.6) is 5.75 Å². The first kappa shape index (κ1) is 22.3. The number of ether oxygens (including phenoxy) is 1. The number of hydrogen-bond donors (Lipinski definition) is 1. The minimum atomic E-state index is -0.509. The van der Waals surface area contributed by atoms with Crippen LogP contribution in [-0.2, 0) is 17.1 Å². The third-order valence-corrected chi connectivity index (χ3v) is 6.18. The number of nitrogens with one attached hydrogen (secondary N) is 1. The summed E-state index contributed by atoms with van der Waals surface area (Å²) >= 11 is 1.57. The van der Waals surface area contributed by atoms with E-state index < -0.39 is 4.92 Å². The van der Waals surface area contributed by atoms with Crippen molar-refractivity contribution in [3.63, 3.8) is 0 Å². The van der Waals surface area contributed by atoms with Gasteiger partial charge >= 0.3 is 5.69 Å². The normalized spacial score (nSPS) is 10.8. The van der Waals surface area contributed by atoms with Gasteiger partial charge in [0.1, 0.15) is 6.54 Å². The van der Waals surface area contributed by atoms with Gasteiger partial charge in [0.15, 0.2) is 10.9 Å². The van der Waals surface area contributed by atoms with Crippen LogP contribution in [0, 0.1) is 17.0 Å². The molecule has 3 aromatic carbocycles. The van der Waals surface area contributed by atoms with Crippen molar-refractivity contribution in [1.29, 1.82) is 0 Å². The van der Waals surface area contributed by atoms with E-state index >= 15 is 0 Å². The van der Waals surface area contributed by atoms with Crippen LogP contribution in [0.3, 0.4) is 0 Å². The van der Waals surface area contributed by atoms with Crippen molar-refractivity contribution in [3.05, 3.63) is 88.0 Å². The van der Waals surface area contributed by atoms with Crippen LogP contribution < -0.4 is 10.1 Å². The fourth-order valence-electron chi connectivity index (χ4n) is 3.49. The molecule has 9 heteroatoms. The van der Waals surface area contributed by atoms with Gasteiger partial charge in [-0.05, 0) is 30.2 Å². The Balaban J connectivity index is 1.58. The molecule has 0 aliphatic heterocycles. The zero-order chi connectivity index (χ0) is 23.4. The summed E-state index contributed by atoms with van der Waals surface area (Å²) in [7, 11) is 1.36. The molecule has 8 nitrogen and oxygen atoms in total. The van der Waals surface area contributed by atoms with Gasteiger partial charge in [0.25, 0.3) is 0 Å². The molecule has 1 aromatic heterocycles. The van der Waals surface area contributed by atoms with Crippen molar-refractivity contribution in [2.45, 2.75) is 24.4 Å². The second-order valence-corrected chi connectivity index (χ2v) is 8.33. The smallest absolute Gasteiger partial charge is 0.311 e. The molecule has 0 unspecified atom stereocenters. The van der Waals surface area contributed by atoms with Gasteiger partial charge in [0.05, 0.1) is 23.1 Å². The molecular weight excluding hydrogens is 440 g/mol. The molecule has 0 saturated carbocycles. The average molecular weight is 463 g/mol. The first-order chi connectivity index (χ1) is 16.0. The summed E-state index contributed by atoms with van der Waals surface area (Å²) in [6, 6.07) is 20.6. The van der Waals surface area contributed by atoms with Gasteiger partial charge in [-0.3, -0.25) is 14.9 Å². The number of imidazole rings is 1. The predicted molar refractivity (Wildman–Crippen MR) is 129 cm³/mol. The van der Waals surface area contributed by atoms with Crippen molar-refractivity contribution in [2.75, 3.05) is 12.4 Å². The first-order valence-electron chi connectivity index (χ1n) is 10.2. The Kier molecular flexibility index (Phi) is 6.60. The number of hydrogen-bond acceptors (Lipinski definition) is 6. The predicted octanol–water partition coefficient (Wildman–Crippen LogP) is 5.19. The molecule has 0 atom stereocenters. The maximum Gasteiger partial charge on any atom is 0.311 e. The molecule has 1 heterocycles. The number of nitro groups is 1. The SMILES string of the molecule is COc1cc(NC(=O)Cn2c(SCc3ccccc3)nc3ccccc32)c(C)cc1[N+](=O)[O-]. The summed E-state index contributed by atoms with van der Waals surface area (Å²) in [6.45, 7) is 1.76. The average Bonchev–Trinajstić information content (AvgIpc) is 3.16. The molecule has 4 aromatic rings. The largest absolute Gasteiger partial charge is 0.490 e. The van der Waals surface area contributed by atoms with E-state index in [0.29, 0.717) is 11.3 Å². The highest BCUT2D eigenvalue weighted by molar-refractivity contribution is 7.98. The molecule has 0 radical (unpaired) electrons. The number of benzene rings is 3. The summed E-state index contributed by atoms with van der Waals surface area (Å²) in [4.78, 5) is 28.4. The van der Waals surface area contributed by atoms with Crippen LogP contribution in [-0.4, -0.2) is 27.5 Å². The lowest BCUT2D eigenvalue weighted by Crippen LogP contribution is -2.20. The molecular formula is C24H22N4O4S. The second kappa shape index (κ2) is 9.74. The van der Waals surface area contributed by atoms with E-state index in [2.05, 4.69) is 17.4 Å². The van der Waals surface area contributed by atoms with Crippen LogP contribution in [0.2, 0.25) is 0 Å². The topological polar surface area (TPSA) is 99.3 Å². The summed E-state index contributed by atoms with van der Waals surface area (Å²) in [5.74, 6) is 0.552.